The fourth-order valence-corrected chi connectivity index (χ4v) is 3.18. The van der Waals surface area contributed by atoms with Crippen molar-refractivity contribution in [2.24, 2.45) is 5.92 Å². The zero-order valence-corrected chi connectivity index (χ0v) is 15.3. The van der Waals surface area contributed by atoms with Crippen molar-refractivity contribution in [2.75, 3.05) is 11.9 Å². The smallest absolute Gasteiger partial charge is 0.338 e. The van der Waals surface area contributed by atoms with E-state index >= 15 is 0 Å². The summed E-state index contributed by atoms with van der Waals surface area (Å²) in [5.41, 5.74) is -2.85. The zero-order valence-electron chi connectivity index (χ0n) is 15.3. The Balaban J connectivity index is 1.75. The number of likely N-dealkylation sites (tertiary alicyclic amines) is 1. The van der Waals surface area contributed by atoms with Gasteiger partial charge < -0.3 is 10.2 Å². The van der Waals surface area contributed by atoms with E-state index < -0.39 is 41.0 Å². The number of carbonyl (C=O) groups is 2. The van der Waals surface area contributed by atoms with Crippen molar-refractivity contribution in [3.05, 3.63) is 65.2 Å². The van der Waals surface area contributed by atoms with Gasteiger partial charge in [-0.15, -0.1) is 0 Å². The van der Waals surface area contributed by atoms with Crippen molar-refractivity contribution < 1.29 is 35.9 Å². The van der Waals surface area contributed by atoms with E-state index in [9.17, 15) is 35.9 Å². The standard InChI is InChI=1S/C20H16F6N2O2/c21-19(22,23)14-7-15(20(24,25)26)9-16(8-14)27-18(30)13-6-17(29)28(11-13)10-12-4-2-1-3-5-12/h1-5,7-9,13H,6,10-11H2,(H,27,30). The Morgan fingerprint density at radius 3 is 2.07 bits per heavy atom. The molecule has 2 amide bonds. The van der Waals surface area contributed by atoms with Gasteiger partial charge in [0, 0.05) is 25.2 Å². The van der Waals surface area contributed by atoms with Crippen LogP contribution in [0.5, 0.6) is 0 Å². The van der Waals surface area contributed by atoms with Crippen LogP contribution in [0.3, 0.4) is 0 Å². The molecule has 1 aliphatic rings. The molecule has 0 aliphatic carbocycles. The first-order valence-electron chi connectivity index (χ1n) is 8.85. The monoisotopic (exact) mass is 430 g/mol. The van der Waals surface area contributed by atoms with Crippen LogP contribution in [0.15, 0.2) is 48.5 Å². The maximum atomic E-state index is 13.0. The van der Waals surface area contributed by atoms with Gasteiger partial charge in [0.1, 0.15) is 0 Å². The van der Waals surface area contributed by atoms with E-state index in [-0.39, 0.29) is 31.5 Å². The largest absolute Gasteiger partial charge is 0.416 e. The van der Waals surface area contributed by atoms with Gasteiger partial charge >= 0.3 is 12.4 Å². The Morgan fingerprint density at radius 2 is 1.53 bits per heavy atom. The van der Waals surface area contributed by atoms with Crippen LogP contribution < -0.4 is 5.32 Å². The molecule has 0 bridgehead atoms. The van der Waals surface area contributed by atoms with Crippen molar-refractivity contribution in [1.82, 2.24) is 4.90 Å². The van der Waals surface area contributed by atoms with Crippen molar-refractivity contribution in [1.29, 1.82) is 0 Å². The first-order chi connectivity index (χ1) is 13.9. The first kappa shape index (κ1) is 21.7. The van der Waals surface area contributed by atoms with E-state index in [4.69, 9.17) is 0 Å². The predicted molar refractivity (Wildman–Crippen MR) is 95.0 cm³/mol. The van der Waals surface area contributed by atoms with Gasteiger partial charge in [-0.05, 0) is 23.8 Å². The minimum Gasteiger partial charge on any atom is -0.338 e. The van der Waals surface area contributed by atoms with Gasteiger partial charge in [-0.1, -0.05) is 30.3 Å². The molecule has 1 fully saturated rings. The second-order valence-electron chi connectivity index (χ2n) is 6.94. The summed E-state index contributed by atoms with van der Waals surface area (Å²) in [5.74, 6) is -2.02. The van der Waals surface area contributed by atoms with Crippen molar-refractivity contribution in [3.63, 3.8) is 0 Å². The molecule has 1 aliphatic heterocycles. The summed E-state index contributed by atoms with van der Waals surface area (Å²) in [4.78, 5) is 26.0. The fraction of sp³-hybridized carbons (Fsp3) is 0.300. The number of hydrogen-bond acceptors (Lipinski definition) is 2. The lowest BCUT2D eigenvalue weighted by Gasteiger charge is -2.17. The molecule has 160 valence electrons. The van der Waals surface area contributed by atoms with Gasteiger partial charge in [0.05, 0.1) is 17.0 Å². The van der Waals surface area contributed by atoms with E-state index in [0.717, 1.165) is 5.56 Å². The zero-order chi connectivity index (χ0) is 22.1. The lowest BCUT2D eigenvalue weighted by Crippen LogP contribution is -2.28. The minimum absolute atomic E-state index is 0.0175. The van der Waals surface area contributed by atoms with Gasteiger partial charge in [-0.25, -0.2) is 0 Å². The Kier molecular flexibility index (Phi) is 5.78. The Bertz CT molecular complexity index is 908. The third-order valence-corrected chi connectivity index (χ3v) is 4.66. The number of nitrogens with zero attached hydrogens (tertiary/aromatic N) is 1. The summed E-state index contributed by atoms with van der Waals surface area (Å²) < 4.78 is 77.7. The molecule has 1 unspecified atom stereocenters. The van der Waals surface area contributed by atoms with Crippen LogP contribution in [0.2, 0.25) is 0 Å². The molecule has 3 rings (SSSR count). The summed E-state index contributed by atoms with van der Waals surface area (Å²) in [5, 5.41) is 2.10. The Morgan fingerprint density at radius 1 is 0.967 bits per heavy atom. The van der Waals surface area contributed by atoms with E-state index in [1.807, 2.05) is 0 Å². The number of amides is 2. The summed E-state index contributed by atoms with van der Waals surface area (Å²) >= 11 is 0. The number of nitrogens with one attached hydrogen (secondary N) is 1. The maximum absolute atomic E-state index is 13.0. The highest BCUT2D eigenvalue weighted by molar-refractivity contribution is 5.97. The summed E-state index contributed by atoms with van der Waals surface area (Å²) in [6.45, 7) is 0.274. The van der Waals surface area contributed by atoms with Crippen LogP contribution >= 0.6 is 0 Å². The van der Waals surface area contributed by atoms with Gasteiger partial charge in [-0.2, -0.15) is 26.3 Å². The third-order valence-electron chi connectivity index (χ3n) is 4.66. The van der Waals surface area contributed by atoms with E-state index in [1.165, 1.54) is 4.90 Å². The number of rotatable bonds is 4. The fourth-order valence-electron chi connectivity index (χ4n) is 3.18. The molecule has 1 atom stereocenters. The lowest BCUT2D eigenvalue weighted by atomic mass is 10.1. The van der Waals surface area contributed by atoms with E-state index in [2.05, 4.69) is 5.32 Å². The normalized spacial score (nSPS) is 17.3. The van der Waals surface area contributed by atoms with Crippen molar-refractivity contribution in [2.45, 2.75) is 25.3 Å². The second kappa shape index (κ2) is 8.00. The van der Waals surface area contributed by atoms with Crippen LogP contribution in [0.25, 0.3) is 0 Å². The van der Waals surface area contributed by atoms with Crippen LogP contribution in [0.4, 0.5) is 32.0 Å². The van der Waals surface area contributed by atoms with E-state index in [0.29, 0.717) is 12.1 Å². The average molecular weight is 430 g/mol. The molecule has 0 radical (unpaired) electrons. The van der Waals surface area contributed by atoms with Crippen molar-refractivity contribution >= 4 is 17.5 Å². The maximum Gasteiger partial charge on any atom is 0.416 e. The molecule has 1 heterocycles. The predicted octanol–water partition coefficient (Wildman–Crippen LogP) is 4.71. The molecule has 10 heteroatoms. The van der Waals surface area contributed by atoms with Gasteiger partial charge in [0.2, 0.25) is 11.8 Å². The Labute approximate surface area is 167 Å². The molecule has 1 saturated heterocycles. The van der Waals surface area contributed by atoms with Crippen LogP contribution in [-0.2, 0) is 28.5 Å². The quantitative estimate of drug-likeness (QED) is 0.715. The Hall–Kier alpha value is -3.04. The molecule has 0 aromatic heterocycles. The molecular weight excluding hydrogens is 414 g/mol. The third kappa shape index (κ3) is 5.11. The summed E-state index contributed by atoms with van der Waals surface area (Å²) in [6.07, 6.45) is -10.2. The molecule has 4 nitrogen and oxygen atoms in total. The molecule has 0 saturated carbocycles. The number of halogens is 6. The molecule has 2 aromatic carbocycles. The number of benzene rings is 2. The van der Waals surface area contributed by atoms with Crippen LogP contribution in [0.1, 0.15) is 23.1 Å². The highest BCUT2D eigenvalue weighted by Crippen LogP contribution is 2.37. The molecule has 2 aromatic rings. The first-order valence-corrected chi connectivity index (χ1v) is 8.85. The number of carbonyl (C=O) groups excluding carboxylic acids is 2. The highest BCUT2D eigenvalue weighted by Gasteiger charge is 2.38. The van der Waals surface area contributed by atoms with Gasteiger partial charge in [-0.3, -0.25) is 9.59 Å². The number of anilines is 1. The lowest BCUT2D eigenvalue weighted by molar-refractivity contribution is -0.143. The van der Waals surface area contributed by atoms with Gasteiger partial charge in [0.25, 0.3) is 0 Å². The van der Waals surface area contributed by atoms with E-state index in [1.54, 1.807) is 30.3 Å². The second-order valence-corrected chi connectivity index (χ2v) is 6.94. The molecule has 1 N–H and O–H groups in total. The minimum atomic E-state index is -5.02. The van der Waals surface area contributed by atoms with Crippen LogP contribution in [0, 0.1) is 5.92 Å². The topological polar surface area (TPSA) is 49.4 Å². The SMILES string of the molecule is O=C(Nc1cc(C(F)(F)F)cc(C(F)(F)F)c1)C1CC(=O)N(Cc2ccccc2)C1. The summed E-state index contributed by atoms with van der Waals surface area (Å²) in [6, 6.07) is 9.81. The van der Waals surface area contributed by atoms with Gasteiger partial charge in [0.15, 0.2) is 0 Å². The number of alkyl halides is 6. The highest BCUT2D eigenvalue weighted by atomic mass is 19.4. The molecule has 30 heavy (non-hydrogen) atoms. The molecular formula is C20H16F6N2O2. The average Bonchev–Trinajstić information content (AvgIpc) is 3.01. The number of hydrogen-bond donors (Lipinski definition) is 1. The van der Waals surface area contributed by atoms with Crippen molar-refractivity contribution in [3.8, 4) is 0 Å². The van der Waals surface area contributed by atoms with Crippen LogP contribution in [-0.4, -0.2) is 23.3 Å². The summed E-state index contributed by atoms with van der Waals surface area (Å²) in [7, 11) is 0. The molecule has 0 spiro atoms.